The Bertz CT molecular complexity index is 335. The maximum absolute atomic E-state index is 10.9. The van der Waals surface area contributed by atoms with Gasteiger partial charge in [-0.25, -0.2) is 0 Å². The van der Waals surface area contributed by atoms with Crippen molar-refractivity contribution in [3.63, 3.8) is 0 Å². The van der Waals surface area contributed by atoms with E-state index in [0.717, 1.165) is 0 Å². The van der Waals surface area contributed by atoms with Crippen molar-refractivity contribution in [1.29, 1.82) is 0 Å². The molecule has 1 aromatic rings. The van der Waals surface area contributed by atoms with E-state index in [1.54, 1.807) is 6.92 Å². The zero-order valence-electron chi connectivity index (χ0n) is 10.1. The Morgan fingerprint density at radius 1 is 1.31 bits per heavy atom. The number of hydrogen-bond acceptors (Lipinski definition) is 2. The van der Waals surface area contributed by atoms with Gasteiger partial charge in [0.05, 0.1) is 5.92 Å². The molecule has 3 nitrogen and oxygen atoms in total. The Balaban J connectivity index is 2.81. The van der Waals surface area contributed by atoms with Crippen molar-refractivity contribution in [2.24, 2.45) is 5.92 Å². The fourth-order valence-corrected chi connectivity index (χ4v) is 1.76. The highest BCUT2D eigenvalue weighted by atomic mass is 16.4. The number of carboxylic acid groups (broad SMARTS) is 1. The largest absolute Gasteiger partial charge is 0.481 e. The molecule has 0 aliphatic heterocycles. The smallest absolute Gasteiger partial charge is 0.306 e. The average molecular weight is 221 g/mol. The summed E-state index contributed by atoms with van der Waals surface area (Å²) in [4.78, 5) is 12.9. The third kappa shape index (κ3) is 3.35. The molecule has 0 aliphatic rings. The summed E-state index contributed by atoms with van der Waals surface area (Å²) in [6.45, 7) is 1.75. The summed E-state index contributed by atoms with van der Waals surface area (Å²) in [6.07, 6.45) is 0.631. The Hall–Kier alpha value is -1.35. The number of nitrogens with zero attached hydrogens (tertiary/aromatic N) is 1. The molecule has 0 fully saturated rings. The van der Waals surface area contributed by atoms with Crippen LogP contribution in [-0.4, -0.2) is 30.1 Å². The van der Waals surface area contributed by atoms with Gasteiger partial charge in [0.2, 0.25) is 0 Å². The first kappa shape index (κ1) is 12.7. The number of benzene rings is 1. The molecule has 88 valence electrons. The Morgan fingerprint density at radius 2 is 1.88 bits per heavy atom. The van der Waals surface area contributed by atoms with E-state index >= 15 is 0 Å². The summed E-state index contributed by atoms with van der Waals surface area (Å²) >= 11 is 0. The summed E-state index contributed by atoms with van der Waals surface area (Å²) in [6, 6.07) is 10.2. The van der Waals surface area contributed by atoms with E-state index in [4.69, 9.17) is 5.11 Å². The van der Waals surface area contributed by atoms with E-state index in [9.17, 15) is 4.79 Å². The van der Waals surface area contributed by atoms with Gasteiger partial charge < -0.3 is 10.0 Å². The van der Waals surface area contributed by atoms with E-state index in [2.05, 4.69) is 4.90 Å². The monoisotopic (exact) mass is 221 g/mol. The first-order valence-corrected chi connectivity index (χ1v) is 5.46. The molecule has 0 radical (unpaired) electrons. The van der Waals surface area contributed by atoms with E-state index in [1.165, 1.54) is 5.56 Å². The van der Waals surface area contributed by atoms with Gasteiger partial charge in [0, 0.05) is 6.04 Å². The molecule has 1 N–H and O–H groups in total. The molecular formula is C13H19NO2. The predicted molar refractivity (Wildman–Crippen MR) is 64.3 cm³/mol. The molecule has 0 aromatic heterocycles. The second kappa shape index (κ2) is 5.66. The lowest BCUT2D eigenvalue weighted by Gasteiger charge is -2.26. The molecule has 16 heavy (non-hydrogen) atoms. The maximum atomic E-state index is 10.9. The van der Waals surface area contributed by atoms with Crippen LogP contribution < -0.4 is 0 Å². The summed E-state index contributed by atoms with van der Waals surface area (Å²) in [5.41, 5.74) is 1.17. The molecule has 2 unspecified atom stereocenters. The molecule has 0 heterocycles. The van der Waals surface area contributed by atoms with Crippen molar-refractivity contribution in [2.45, 2.75) is 19.4 Å². The fraction of sp³-hybridized carbons (Fsp3) is 0.462. The highest BCUT2D eigenvalue weighted by Crippen LogP contribution is 2.25. The molecular weight excluding hydrogens is 202 g/mol. The van der Waals surface area contributed by atoms with Crippen molar-refractivity contribution < 1.29 is 9.90 Å². The minimum atomic E-state index is -0.734. The fourth-order valence-electron chi connectivity index (χ4n) is 1.76. The highest BCUT2D eigenvalue weighted by Gasteiger charge is 2.20. The number of rotatable bonds is 5. The van der Waals surface area contributed by atoms with Gasteiger partial charge >= 0.3 is 5.97 Å². The minimum absolute atomic E-state index is 0.160. The highest BCUT2D eigenvalue weighted by molar-refractivity contribution is 5.69. The minimum Gasteiger partial charge on any atom is -0.481 e. The van der Waals surface area contributed by atoms with Gasteiger partial charge in [-0.2, -0.15) is 0 Å². The maximum Gasteiger partial charge on any atom is 0.306 e. The van der Waals surface area contributed by atoms with Crippen LogP contribution in [0.15, 0.2) is 30.3 Å². The molecule has 0 spiro atoms. The third-order valence-corrected chi connectivity index (χ3v) is 2.81. The molecule has 2 atom stereocenters. The van der Waals surface area contributed by atoms with E-state index in [0.29, 0.717) is 6.42 Å². The van der Waals surface area contributed by atoms with Gasteiger partial charge in [0.15, 0.2) is 0 Å². The van der Waals surface area contributed by atoms with Crippen LogP contribution in [0.4, 0.5) is 0 Å². The third-order valence-electron chi connectivity index (χ3n) is 2.81. The van der Waals surface area contributed by atoms with Crippen molar-refractivity contribution in [1.82, 2.24) is 4.90 Å². The van der Waals surface area contributed by atoms with Gasteiger partial charge in [-0.1, -0.05) is 37.3 Å². The Labute approximate surface area is 96.7 Å². The second-order valence-corrected chi connectivity index (χ2v) is 4.37. The van der Waals surface area contributed by atoms with Crippen molar-refractivity contribution in [3.8, 4) is 0 Å². The van der Waals surface area contributed by atoms with E-state index < -0.39 is 5.97 Å². The lowest BCUT2D eigenvalue weighted by Crippen LogP contribution is -2.24. The topological polar surface area (TPSA) is 40.5 Å². The normalized spacial score (nSPS) is 14.8. The van der Waals surface area contributed by atoms with Gasteiger partial charge in [0.25, 0.3) is 0 Å². The van der Waals surface area contributed by atoms with Crippen LogP contribution in [0.1, 0.15) is 24.9 Å². The Morgan fingerprint density at radius 3 is 2.31 bits per heavy atom. The summed E-state index contributed by atoms with van der Waals surface area (Å²) in [5.74, 6) is -1.06. The van der Waals surface area contributed by atoms with Crippen LogP contribution in [0.2, 0.25) is 0 Å². The van der Waals surface area contributed by atoms with Crippen molar-refractivity contribution in [3.05, 3.63) is 35.9 Å². The standard InChI is InChI=1S/C13H19NO2/c1-10(13(15)16)9-12(14(2)3)11-7-5-4-6-8-11/h4-8,10,12H,9H2,1-3H3,(H,15,16). The van der Waals surface area contributed by atoms with Crippen LogP contribution in [-0.2, 0) is 4.79 Å². The number of carbonyl (C=O) groups is 1. The van der Waals surface area contributed by atoms with Gasteiger partial charge in [0.1, 0.15) is 0 Å². The molecule has 1 aromatic carbocycles. The summed E-state index contributed by atoms with van der Waals surface area (Å²) < 4.78 is 0. The molecule has 1 rings (SSSR count). The first-order valence-electron chi connectivity index (χ1n) is 5.46. The molecule has 0 saturated heterocycles. The summed E-state index contributed by atoms with van der Waals surface area (Å²) in [7, 11) is 3.96. The van der Waals surface area contributed by atoms with Crippen molar-refractivity contribution >= 4 is 5.97 Å². The lowest BCUT2D eigenvalue weighted by atomic mass is 9.95. The zero-order valence-corrected chi connectivity index (χ0v) is 10.1. The summed E-state index contributed by atoms with van der Waals surface area (Å²) in [5, 5.41) is 8.94. The van der Waals surface area contributed by atoms with Crippen LogP contribution in [0.3, 0.4) is 0 Å². The van der Waals surface area contributed by atoms with E-state index in [1.807, 2.05) is 44.4 Å². The average Bonchev–Trinajstić information content (AvgIpc) is 2.26. The first-order chi connectivity index (χ1) is 7.52. The predicted octanol–water partition coefficient (Wildman–Crippen LogP) is 2.40. The second-order valence-electron chi connectivity index (χ2n) is 4.37. The van der Waals surface area contributed by atoms with Crippen LogP contribution >= 0.6 is 0 Å². The van der Waals surface area contributed by atoms with Crippen LogP contribution in [0.25, 0.3) is 0 Å². The molecule has 0 bridgehead atoms. The molecule has 3 heteroatoms. The van der Waals surface area contributed by atoms with E-state index in [-0.39, 0.29) is 12.0 Å². The van der Waals surface area contributed by atoms with Gasteiger partial charge in [-0.05, 0) is 26.1 Å². The molecule has 0 amide bonds. The SMILES string of the molecule is CC(CC(c1ccccc1)N(C)C)C(=O)O. The van der Waals surface area contributed by atoms with Gasteiger partial charge in [-0.3, -0.25) is 4.79 Å². The Kier molecular flexibility index (Phi) is 4.50. The quantitative estimate of drug-likeness (QED) is 0.830. The zero-order chi connectivity index (χ0) is 12.1. The molecule has 0 saturated carbocycles. The molecule has 0 aliphatic carbocycles. The van der Waals surface area contributed by atoms with Gasteiger partial charge in [-0.15, -0.1) is 0 Å². The van der Waals surface area contributed by atoms with Crippen molar-refractivity contribution in [2.75, 3.05) is 14.1 Å². The number of aliphatic carboxylic acids is 1. The lowest BCUT2D eigenvalue weighted by molar-refractivity contribution is -0.141. The number of carboxylic acids is 1. The number of hydrogen-bond donors (Lipinski definition) is 1. The van der Waals surface area contributed by atoms with Crippen LogP contribution in [0, 0.1) is 5.92 Å². The van der Waals surface area contributed by atoms with Crippen LogP contribution in [0.5, 0.6) is 0 Å².